The summed E-state index contributed by atoms with van der Waals surface area (Å²) in [5.41, 5.74) is 2.05. The van der Waals surface area contributed by atoms with Crippen LogP contribution in [0.15, 0.2) is 6.20 Å². The summed E-state index contributed by atoms with van der Waals surface area (Å²) in [6, 6.07) is -0.380. The fourth-order valence-electron chi connectivity index (χ4n) is 2.49. The van der Waals surface area contributed by atoms with Gasteiger partial charge in [-0.25, -0.2) is 4.79 Å². The van der Waals surface area contributed by atoms with Gasteiger partial charge in [0.15, 0.2) is 0 Å². The van der Waals surface area contributed by atoms with Gasteiger partial charge >= 0.3 is 6.03 Å². The van der Waals surface area contributed by atoms with Crippen LogP contribution < -0.4 is 10.6 Å². The number of anilines is 1. The SMILES string of the molecule is Cc1nnc(NC(=O)N[C@H]2CCO[C@@H]2c2cnn(C)c2C)s1. The number of hydrogen-bond acceptors (Lipinski definition) is 6. The van der Waals surface area contributed by atoms with Crippen molar-refractivity contribution in [1.29, 1.82) is 0 Å². The summed E-state index contributed by atoms with van der Waals surface area (Å²) in [6.45, 7) is 4.44. The number of aromatic nitrogens is 4. The fraction of sp³-hybridized carbons (Fsp3) is 0.538. The molecule has 0 radical (unpaired) electrons. The third kappa shape index (κ3) is 2.95. The molecule has 0 saturated carbocycles. The average molecular weight is 322 g/mol. The van der Waals surface area contributed by atoms with Gasteiger partial charge in [0, 0.05) is 24.9 Å². The summed E-state index contributed by atoms with van der Waals surface area (Å²) in [5.74, 6) is 0. The third-order valence-electron chi connectivity index (χ3n) is 3.73. The third-order valence-corrected chi connectivity index (χ3v) is 4.49. The number of aryl methyl sites for hydroxylation is 2. The van der Waals surface area contributed by atoms with Gasteiger partial charge in [0.2, 0.25) is 5.13 Å². The van der Waals surface area contributed by atoms with Crippen molar-refractivity contribution < 1.29 is 9.53 Å². The van der Waals surface area contributed by atoms with E-state index < -0.39 is 0 Å². The molecule has 0 bridgehead atoms. The van der Waals surface area contributed by atoms with E-state index in [0.717, 1.165) is 22.7 Å². The fourth-order valence-corrected chi connectivity index (χ4v) is 3.07. The van der Waals surface area contributed by atoms with Crippen LogP contribution in [0.4, 0.5) is 9.93 Å². The topological polar surface area (TPSA) is 94.0 Å². The molecule has 1 aliphatic rings. The van der Waals surface area contributed by atoms with Crippen LogP contribution in [-0.4, -0.2) is 38.7 Å². The number of amides is 2. The van der Waals surface area contributed by atoms with Crippen molar-refractivity contribution in [2.24, 2.45) is 7.05 Å². The van der Waals surface area contributed by atoms with Gasteiger partial charge in [-0.1, -0.05) is 11.3 Å². The average Bonchev–Trinajstić information content (AvgIpc) is 3.15. The molecule has 0 aromatic carbocycles. The van der Waals surface area contributed by atoms with Crippen LogP contribution in [0.5, 0.6) is 0 Å². The number of urea groups is 1. The zero-order chi connectivity index (χ0) is 15.7. The lowest BCUT2D eigenvalue weighted by Crippen LogP contribution is -2.39. The monoisotopic (exact) mass is 322 g/mol. The molecule has 3 rings (SSSR count). The van der Waals surface area contributed by atoms with Gasteiger partial charge in [-0.3, -0.25) is 10.00 Å². The van der Waals surface area contributed by atoms with Crippen LogP contribution in [0.2, 0.25) is 0 Å². The minimum absolute atomic E-state index is 0.0862. The van der Waals surface area contributed by atoms with Gasteiger partial charge in [-0.2, -0.15) is 5.10 Å². The Hall–Kier alpha value is -2.00. The number of rotatable bonds is 3. The quantitative estimate of drug-likeness (QED) is 0.894. The number of nitrogens with one attached hydrogen (secondary N) is 2. The lowest BCUT2D eigenvalue weighted by Gasteiger charge is -2.19. The molecule has 1 saturated heterocycles. The lowest BCUT2D eigenvalue weighted by molar-refractivity contribution is 0.0998. The summed E-state index contributed by atoms with van der Waals surface area (Å²) >= 11 is 1.34. The molecule has 0 aliphatic carbocycles. The Bertz CT molecular complexity index is 682. The Kier molecular flexibility index (Phi) is 4.08. The first-order chi connectivity index (χ1) is 10.5. The van der Waals surface area contributed by atoms with Crippen molar-refractivity contribution in [3.05, 3.63) is 22.5 Å². The highest BCUT2D eigenvalue weighted by Crippen LogP contribution is 2.31. The molecule has 0 spiro atoms. The summed E-state index contributed by atoms with van der Waals surface area (Å²) in [5, 5.41) is 18.9. The van der Waals surface area contributed by atoms with E-state index in [9.17, 15) is 4.79 Å². The van der Waals surface area contributed by atoms with Gasteiger partial charge in [-0.15, -0.1) is 10.2 Å². The molecule has 2 N–H and O–H groups in total. The van der Waals surface area contributed by atoms with Gasteiger partial charge in [0.05, 0.1) is 12.2 Å². The highest BCUT2D eigenvalue weighted by atomic mass is 32.1. The van der Waals surface area contributed by atoms with E-state index in [2.05, 4.69) is 25.9 Å². The molecule has 1 fully saturated rings. The molecule has 2 amide bonds. The Balaban J connectivity index is 1.66. The van der Waals surface area contributed by atoms with Crippen molar-refractivity contribution in [1.82, 2.24) is 25.3 Å². The second-order valence-corrected chi connectivity index (χ2v) is 6.40. The highest BCUT2D eigenvalue weighted by molar-refractivity contribution is 7.15. The van der Waals surface area contributed by atoms with Gasteiger partial charge in [0.1, 0.15) is 11.1 Å². The molecule has 22 heavy (non-hydrogen) atoms. The molecule has 1 aliphatic heterocycles. The maximum absolute atomic E-state index is 12.1. The van der Waals surface area contributed by atoms with E-state index >= 15 is 0 Å². The number of carbonyl (C=O) groups is 1. The molecule has 2 aromatic heterocycles. The first-order valence-corrected chi connectivity index (χ1v) is 7.84. The minimum atomic E-state index is -0.293. The molecule has 9 heteroatoms. The summed E-state index contributed by atoms with van der Waals surface area (Å²) < 4.78 is 7.58. The van der Waals surface area contributed by atoms with Crippen molar-refractivity contribution >= 4 is 22.5 Å². The van der Waals surface area contributed by atoms with Crippen molar-refractivity contribution in [2.45, 2.75) is 32.4 Å². The smallest absolute Gasteiger partial charge is 0.321 e. The Labute approximate surface area is 131 Å². The van der Waals surface area contributed by atoms with Crippen molar-refractivity contribution in [3.63, 3.8) is 0 Å². The molecule has 3 heterocycles. The molecule has 2 aromatic rings. The van der Waals surface area contributed by atoms with Crippen molar-refractivity contribution in [2.75, 3.05) is 11.9 Å². The maximum Gasteiger partial charge on any atom is 0.321 e. The van der Waals surface area contributed by atoms with Crippen LogP contribution in [-0.2, 0) is 11.8 Å². The highest BCUT2D eigenvalue weighted by Gasteiger charge is 2.33. The first kappa shape index (κ1) is 14.9. The molecule has 0 unspecified atom stereocenters. The summed E-state index contributed by atoms with van der Waals surface area (Å²) in [6.07, 6.45) is 2.39. The summed E-state index contributed by atoms with van der Waals surface area (Å²) in [4.78, 5) is 12.1. The van der Waals surface area contributed by atoms with Gasteiger partial charge in [-0.05, 0) is 20.3 Å². The number of nitrogens with zero attached hydrogens (tertiary/aromatic N) is 4. The Morgan fingerprint density at radius 3 is 2.91 bits per heavy atom. The minimum Gasteiger partial charge on any atom is -0.371 e. The van der Waals surface area contributed by atoms with E-state index in [-0.39, 0.29) is 18.2 Å². The second kappa shape index (κ2) is 6.01. The Morgan fingerprint density at radius 2 is 2.27 bits per heavy atom. The van der Waals surface area contributed by atoms with E-state index in [1.165, 1.54) is 11.3 Å². The number of hydrogen-bond donors (Lipinski definition) is 2. The van der Waals surface area contributed by atoms with Crippen LogP contribution in [0.1, 0.15) is 28.8 Å². The second-order valence-electron chi connectivity index (χ2n) is 5.22. The van der Waals surface area contributed by atoms with Gasteiger partial charge < -0.3 is 10.1 Å². The maximum atomic E-state index is 12.1. The van der Waals surface area contributed by atoms with E-state index in [0.29, 0.717) is 11.7 Å². The largest absolute Gasteiger partial charge is 0.371 e. The van der Waals surface area contributed by atoms with E-state index in [4.69, 9.17) is 4.74 Å². The predicted octanol–water partition coefficient (Wildman–Crippen LogP) is 1.54. The van der Waals surface area contributed by atoms with Crippen molar-refractivity contribution in [3.8, 4) is 0 Å². The normalized spacial score (nSPS) is 21.0. The van der Waals surface area contributed by atoms with Crippen LogP contribution >= 0.6 is 11.3 Å². The zero-order valence-corrected chi connectivity index (χ0v) is 13.5. The molecule has 118 valence electrons. The predicted molar refractivity (Wildman–Crippen MR) is 81.8 cm³/mol. The molecular formula is C13H18N6O2S. The van der Waals surface area contributed by atoms with E-state index in [1.54, 1.807) is 10.9 Å². The van der Waals surface area contributed by atoms with Gasteiger partial charge in [0.25, 0.3) is 0 Å². The van der Waals surface area contributed by atoms with Crippen LogP contribution in [0.25, 0.3) is 0 Å². The first-order valence-electron chi connectivity index (χ1n) is 7.02. The van der Waals surface area contributed by atoms with Crippen LogP contribution in [0.3, 0.4) is 0 Å². The van der Waals surface area contributed by atoms with Crippen LogP contribution in [0, 0.1) is 13.8 Å². The van der Waals surface area contributed by atoms with E-state index in [1.807, 2.05) is 20.9 Å². The number of ether oxygens (including phenoxy) is 1. The Morgan fingerprint density at radius 1 is 1.45 bits per heavy atom. The lowest BCUT2D eigenvalue weighted by atomic mass is 10.0. The molecule has 2 atom stereocenters. The standard InChI is InChI=1S/C13H18N6O2S/c1-7-9(6-14-19(7)3)11-10(4-5-21-11)15-12(20)16-13-18-17-8(2)22-13/h6,10-11H,4-5H2,1-3H3,(H2,15,16,18,20)/t10-,11+/m0/s1. The summed E-state index contributed by atoms with van der Waals surface area (Å²) in [7, 11) is 1.89. The molecular weight excluding hydrogens is 304 g/mol. The zero-order valence-electron chi connectivity index (χ0n) is 12.7. The number of carbonyl (C=O) groups excluding carboxylic acids is 1. The molecule has 8 nitrogen and oxygen atoms in total.